The molecule has 3 heteroatoms. The van der Waals surface area contributed by atoms with Gasteiger partial charge in [-0.1, -0.05) is 22.9 Å². The van der Waals surface area contributed by atoms with Crippen LogP contribution in [-0.4, -0.2) is 0 Å². The molecule has 0 nitrogen and oxygen atoms in total. The fourth-order valence-electron chi connectivity index (χ4n) is 1.70. The van der Waals surface area contributed by atoms with Crippen molar-refractivity contribution in [3.8, 4) is 0 Å². The van der Waals surface area contributed by atoms with Gasteiger partial charge in [0.05, 0.1) is 0 Å². The van der Waals surface area contributed by atoms with Gasteiger partial charge in [-0.05, 0) is 63.0 Å². The van der Waals surface area contributed by atoms with E-state index in [0.29, 0.717) is 0 Å². The molecule has 1 heterocycles. The van der Waals surface area contributed by atoms with Crippen LogP contribution < -0.4 is 0 Å². The average molecular weight is 381 g/mol. The SMILES string of the molecule is CCc1c(CBr)c(I)cc2ccsc12. The highest BCUT2D eigenvalue weighted by molar-refractivity contribution is 14.1. The summed E-state index contributed by atoms with van der Waals surface area (Å²) in [7, 11) is 0. The van der Waals surface area contributed by atoms with Crippen molar-refractivity contribution in [2.75, 3.05) is 0 Å². The van der Waals surface area contributed by atoms with E-state index in [9.17, 15) is 0 Å². The quantitative estimate of drug-likeness (QED) is 0.510. The van der Waals surface area contributed by atoms with Crippen LogP contribution in [0.15, 0.2) is 17.5 Å². The first kappa shape index (κ1) is 10.9. The number of halogens is 2. The molecule has 0 unspecified atom stereocenters. The molecule has 0 N–H and O–H groups in total. The average Bonchev–Trinajstić information content (AvgIpc) is 2.62. The molecule has 1 aromatic heterocycles. The van der Waals surface area contributed by atoms with Crippen LogP contribution in [0.5, 0.6) is 0 Å². The zero-order valence-electron chi connectivity index (χ0n) is 7.81. The van der Waals surface area contributed by atoms with Crippen molar-refractivity contribution >= 4 is 59.9 Å². The number of aryl methyl sites for hydroxylation is 1. The van der Waals surface area contributed by atoms with Gasteiger partial charge in [0.25, 0.3) is 0 Å². The molecule has 14 heavy (non-hydrogen) atoms. The number of hydrogen-bond donors (Lipinski definition) is 0. The molecule has 74 valence electrons. The van der Waals surface area contributed by atoms with E-state index >= 15 is 0 Å². The molecule has 0 saturated carbocycles. The lowest BCUT2D eigenvalue weighted by molar-refractivity contribution is 1.12. The summed E-state index contributed by atoms with van der Waals surface area (Å²) in [4.78, 5) is 0. The maximum Gasteiger partial charge on any atom is 0.0378 e. The van der Waals surface area contributed by atoms with Crippen molar-refractivity contribution in [3.05, 3.63) is 32.2 Å². The number of alkyl halides is 1. The summed E-state index contributed by atoms with van der Waals surface area (Å²) in [5, 5.41) is 4.53. The third-order valence-electron chi connectivity index (χ3n) is 2.39. The van der Waals surface area contributed by atoms with Gasteiger partial charge in [-0.25, -0.2) is 0 Å². The molecule has 0 atom stereocenters. The lowest BCUT2D eigenvalue weighted by Gasteiger charge is -2.09. The summed E-state index contributed by atoms with van der Waals surface area (Å²) in [5.74, 6) is 0. The summed E-state index contributed by atoms with van der Waals surface area (Å²) < 4.78 is 2.84. The largest absolute Gasteiger partial charge is 0.144 e. The second-order valence-corrected chi connectivity index (χ2v) is 5.78. The van der Waals surface area contributed by atoms with Crippen molar-refractivity contribution in [2.45, 2.75) is 18.7 Å². The van der Waals surface area contributed by atoms with Crippen molar-refractivity contribution in [1.29, 1.82) is 0 Å². The number of benzene rings is 1. The molecule has 2 rings (SSSR count). The zero-order valence-corrected chi connectivity index (χ0v) is 12.4. The molecule has 0 fully saturated rings. The molecule has 0 aliphatic heterocycles. The van der Waals surface area contributed by atoms with E-state index in [0.717, 1.165) is 11.8 Å². The van der Waals surface area contributed by atoms with Crippen LogP contribution in [0.4, 0.5) is 0 Å². The van der Waals surface area contributed by atoms with Crippen LogP contribution in [0.1, 0.15) is 18.1 Å². The first-order chi connectivity index (χ1) is 6.77. The minimum atomic E-state index is 0.961. The van der Waals surface area contributed by atoms with Crippen molar-refractivity contribution in [3.63, 3.8) is 0 Å². The molecule has 0 spiro atoms. The molecule has 0 bridgehead atoms. The van der Waals surface area contributed by atoms with Gasteiger partial charge in [0.15, 0.2) is 0 Å². The summed E-state index contributed by atoms with van der Waals surface area (Å²) in [6, 6.07) is 4.49. The Morgan fingerprint density at radius 2 is 2.21 bits per heavy atom. The Morgan fingerprint density at radius 1 is 1.43 bits per heavy atom. The summed E-state index contributed by atoms with van der Waals surface area (Å²) in [6.07, 6.45) is 1.12. The summed E-state index contributed by atoms with van der Waals surface area (Å²) in [5.41, 5.74) is 2.97. The van der Waals surface area contributed by atoms with E-state index < -0.39 is 0 Å². The van der Waals surface area contributed by atoms with E-state index in [1.807, 2.05) is 11.3 Å². The summed E-state index contributed by atoms with van der Waals surface area (Å²) >= 11 is 7.86. The third kappa shape index (κ3) is 1.74. The van der Waals surface area contributed by atoms with Crippen LogP contribution in [-0.2, 0) is 11.8 Å². The highest BCUT2D eigenvalue weighted by atomic mass is 127. The Balaban J connectivity index is 2.82. The molecule has 0 radical (unpaired) electrons. The smallest absolute Gasteiger partial charge is 0.0378 e. The lowest BCUT2D eigenvalue weighted by Crippen LogP contribution is -1.93. The molecule has 2 aromatic rings. The van der Waals surface area contributed by atoms with E-state index in [2.05, 4.69) is 63.0 Å². The van der Waals surface area contributed by atoms with E-state index in [1.54, 1.807) is 0 Å². The second kappa shape index (κ2) is 4.49. The fraction of sp³-hybridized carbons (Fsp3) is 0.273. The molecule has 0 aliphatic carbocycles. The predicted molar refractivity (Wildman–Crippen MR) is 76.6 cm³/mol. The fourth-order valence-corrected chi connectivity index (χ4v) is 4.74. The number of thiophene rings is 1. The topological polar surface area (TPSA) is 0 Å². The van der Waals surface area contributed by atoms with Gasteiger partial charge in [-0.2, -0.15) is 0 Å². The Kier molecular flexibility index (Phi) is 3.50. The van der Waals surface area contributed by atoms with Gasteiger partial charge in [0, 0.05) is 13.6 Å². The zero-order chi connectivity index (χ0) is 10.1. The Hall–Kier alpha value is 0.390. The first-order valence-electron chi connectivity index (χ1n) is 4.51. The van der Waals surface area contributed by atoms with Crippen molar-refractivity contribution in [1.82, 2.24) is 0 Å². The van der Waals surface area contributed by atoms with Crippen molar-refractivity contribution in [2.24, 2.45) is 0 Å². The Morgan fingerprint density at radius 3 is 2.86 bits per heavy atom. The normalized spacial score (nSPS) is 11.1. The number of hydrogen-bond acceptors (Lipinski definition) is 1. The predicted octanol–water partition coefficient (Wildman–Crippen LogP) is 4.96. The highest BCUT2D eigenvalue weighted by Crippen LogP contribution is 2.32. The number of fused-ring (bicyclic) bond motifs is 1. The second-order valence-electron chi connectivity index (χ2n) is 3.14. The van der Waals surface area contributed by atoms with Crippen LogP contribution >= 0.6 is 49.9 Å². The van der Waals surface area contributed by atoms with E-state index in [1.165, 1.54) is 24.8 Å². The van der Waals surface area contributed by atoms with Crippen LogP contribution in [0.25, 0.3) is 10.1 Å². The molecular weight excluding hydrogens is 371 g/mol. The molecule has 1 aromatic carbocycles. The van der Waals surface area contributed by atoms with Crippen LogP contribution in [0, 0.1) is 3.57 Å². The van der Waals surface area contributed by atoms with Gasteiger partial charge in [-0.15, -0.1) is 11.3 Å². The van der Waals surface area contributed by atoms with E-state index in [4.69, 9.17) is 0 Å². The minimum Gasteiger partial charge on any atom is -0.144 e. The molecule has 0 amide bonds. The van der Waals surface area contributed by atoms with Gasteiger partial charge >= 0.3 is 0 Å². The molecule has 0 aliphatic rings. The number of rotatable bonds is 2. The maximum absolute atomic E-state index is 3.57. The Bertz CT molecular complexity index is 462. The maximum atomic E-state index is 3.57. The minimum absolute atomic E-state index is 0.961. The van der Waals surface area contributed by atoms with Gasteiger partial charge < -0.3 is 0 Å². The monoisotopic (exact) mass is 380 g/mol. The van der Waals surface area contributed by atoms with Gasteiger partial charge in [-0.3, -0.25) is 0 Å². The highest BCUT2D eigenvalue weighted by Gasteiger charge is 2.10. The van der Waals surface area contributed by atoms with Gasteiger partial charge in [0.2, 0.25) is 0 Å². The summed E-state index contributed by atoms with van der Waals surface area (Å²) in [6.45, 7) is 2.23. The standard InChI is InChI=1S/C11H10BrIS/c1-2-8-9(6-12)10(13)5-7-3-4-14-11(7)8/h3-5H,2,6H2,1H3. The lowest BCUT2D eigenvalue weighted by atomic mass is 10.0. The first-order valence-corrected chi connectivity index (χ1v) is 7.59. The van der Waals surface area contributed by atoms with E-state index in [-0.39, 0.29) is 0 Å². The van der Waals surface area contributed by atoms with Crippen molar-refractivity contribution < 1.29 is 0 Å². The third-order valence-corrected chi connectivity index (χ3v) is 4.90. The van der Waals surface area contributed by atoms with Gasteiger partial charge in [0.1, 0.15) is 0 Å². The van der Waals surface area contributed by atoms with Crippen LogP contribution in [0.2, 0.25) is 0 Å². The van der Waals surface area contributed by atoms with Crippen LogP contribution in [0.3, 0.4) is 0 Å². The molecular formula is C11H10BrIS. The Labute approximate surface area is 110 Å². The molecule has 0 saturated heterocycles.